The number of aliphatic hydroxyl groups is 1. The normalized spacial score (nSPS) is 16.4. The Bertz CT molecular complexity index is 900. The first-order valence-electron chi connectivity index (χ1n) is 8.92. The van der Waals surface area contributed by atoms with Gasteiger partial charge in [-0.1, -0.05) is 23.7 Å². The number of piperidine rings is 1. The number of ether oxygens (including phenoxy) is 1. The number of hydrogen-bond acceptors (Lipinski definition) is 3. The number of rotatable bonds is 3. The molecular formula is C20H20ClF3N2O2S. The van der Waals surface area contributed by atoms with Gasteiger partial charge in [0.15, 0.2) is 5.11 Å². The van der Waals surface area contributed by atoms with Crippen LogP contribution in [0.5, 0.6) is 5.75 Å². The topological polar surface area (TPSA) is 44.7 Å². The lowest BCUT2D eigenvalue weighted by molar-refractivity contribution is -0.137. The first kappa shape index (κ1) is 21.7. The van der Waals surface area contributed by atoms with Gasteiger partial charge in [0.25, 0.3) is 0 Å². The predicted molar refractivity (Wildman–Crippen MR) is 110 cm³/mol. The van der Waals surface area contributed by atoms with E-state index in [-0.39, 0.29) is 18.4 Å². The van der Waals surface area contributed by atoms with Crippen LogP contribution in [-0.4, -0.2) is 35.3 Å². The molecule has 0 saturated carbocycles. The maximum Gasteiger partial charge on any atom is 0.416 e. The summed E-state index contributed by atoms with van der Waals surface area (Å²) in [5, 5.41) is 15.0. The molecule has 1 saturated heterocycles. The summed E-state index contributed by atoms with van der Waals surface area (Å²) >= 11 is 11.5. The van der Waals surface area contributed by atoms with E-state index in [1.54, 1.807) is 18.2 Å². The highest BCUT2D eigenvalue weighted by atomic mass is 35.5. The van der Waals surface area contributed by atoms with Crippen molar-refractivity contribution in [2.75, 3.05) is 25.5 Å². The van der Waals surface area contributed by atoms with Crippen LogP contribution in [0.4, 0.5) is 18.9 Å². The van der Waals surface area contributed by atoms with E-state index >= 15 is 0 Å². The molecule has 0 radical (unpaired) electrons. The molecule has 3 rings (SSSR count). The van der Waals surface area contributed by atoms with Crippen molar-refractivity contribution in [2.24, 2.45) is 0 Å². The average molecular weight is 445 g/mol. The molecule has 0 aliphatic carbocycles. The maximum atomic E-state index is 13.0. The SMILES string of the molecule is COc1ccc(Cl)cc1NC(=S)N1CCC(O)(c2cccc(C(F)(F)F)c2)CC1. The summed E-state index contributed by atoms with van der Waals surface area (Å²) < 4.78 is 44.3. The molecule has 29 heavy (non-hydrogen) atoms. The summed E-state index contributed by atoms with van der Waals surface area (Å²) in [5.74, 6) is 0.578. The zero-order chi connectivity index (χ0) is 21.2. The lowest BCUT2D eigenvalue weighted by atomic mass is 9.84. The molecule has 1 aliphatic rings. The van der Waals surface area contributed by atoms with Gasteiger partial charge in [-0.3, -0.25) is 0 Å². The van der Waals surface area contributed by atoms with Gasteiger partial charge in [0.05, 0.1) is 24.0 Å². The Balaban J connectivity index is 1.69. The fourth-order valence-electron chi connectivity index (χ4n) is 3.33. The van der Waals surface area contributed by atoms with Crippen LogP contribution in [0, 0.1) is 0 Å². The van der Waals surface area contributed by atoms with Crippen molar-refractivity contribution in [3.63, 3.8) is 0 Å². The minimum atomic E-state index is -4.45. The highest BCUT2D eigenvalue weighted by Gasteiger charge is 2.37. The van der Waals surface area contributed by atoms with Gasteiger partial charge in [-0.2, -0.15) is 13.2 Å². The fourth-order valence-corrected chi connectivity index (χ4v) is 3.79. The summed E-state index contributed by atoms with van der Waals surface area (Å²) in [6.45, 7) is 0.781. The van der Waals surface area contributed by atoms with E-state index in [4.69, 9.17) is 28.6 Å². The minimum absolute atomic E-state index is 0.253. The first-order chi connectivity index (χ1) is 13.6. The van der Waals surface area contributed by atoms with Crippen molar-refractivity contribution >= 4 is 34.6 Å². The maximum absolute atomic E-state index is 13.0. The Labute approximate surface area is 177 Å². The molecule has 1 heterocycles. The molecule has 2 aromatic carbocycles. The number of thiocarbonyl (C=S) groups is 1. The van der Waals surface area contributed by atoms with E-state index in [2.05, 4.69) is 5.32 Å². The number of methoxy groups -OCH3 is 1. The standard InChI is InChI=1S/C20H20ClF3N2O2S/c1-28-17-6-5-15(21)12-16(17)25-18(29)26-9-7-19(27,8-10-26)13-3-2-4-14(11-13)20(22,23)24/h2-6,11-12,27H,7-10H2,1H3,(H,25,29). The molecule has 0 aromatic heterocycles. The Morgan fingerprint density at radius 3 is 2.52 bits per heavy atom. The molecule has 2 aromatic rings. The summed E-state index contributed by atoms with van der Waals surface area (Å²) in [5.41, 5.74) is -1.22. The zero-order valence-electron chi connectivity index (χ0n) is 15.6. The molecule has 9 heteroatoms. The Kier molecular flexibility index (Phi) is 6.26. The fraction of sp³-hybridized carbons (Fsp3) is 0.350. The summed E-state index contributed by atoms with van der Waals surface area (Å²) in [7, 11) is 1.54. The zero-order valence-corrected chi connectivity index (χ0v) is 17.2. The number of halogens is 4. The number of anilines is 1. The van der Waals surface area contributed by atoms with E-state index in [1.165, 1.54) is 19.2 Å². The molecule has 0 spiro atoms. The van der Waals surface area contributed by atoms with Gasteiger partial charge >= 0.3 is 6.18 Å². The summed E-state index contributed by atoms with van der Waals surface area (Å²) in [6, 6.07) is 9.97. The van der Waals surface area contributed by atoms with E-state index < -0.39 is 17.3 Å². The third kappa shape index (κ3) is 4.94. The van der Waals surface area contributed by atoms with Crippen LogP contribution in [0.15, 0.2) is 42.5 Å². The molecule has 1 fully saturated rings. The van der Waals surface area contributed by atoms with Gasteiger partial charge in [0.1, 0.15) is 5.75 Å². The molecular weight excluding hydrogens is 425 g/mol. The minimum Gasteiger partial charge on any atom is -0.495 e. The summed E-state index contributed by atoms with van der Waals surface area (Å²) in [6.07, 6.45) is -3.94. The molecule has 1 aliphatic heterocycles. The van der Waals surface area contributed by atoms with Gasteiger partial charge in [-0.05, 0) is 61.0 Å². The highest BCUT2D eigenvalue weighted by Crippen LogP contribution is 2.37. The average Bonchev–Trinajstić information content (AvgIpc) is 2.68. The van der Waals surface area contributed by atoms with Crippen molar-refractivity contribution in [3.05, 3.63) is 58.6 Å². The Morgan fingerprint density at radius 1 is 1.21 bits per heavy atom. The van der Waals surface area contributed by atoms with Gasteiger partial charge in [0.2, 0.25) is 0 Å². The second-order valence-electron chi connectivity index (χ2n) is 6.87. The molecule has 2 N–H and O–H groups in total. The lowest BCUT2D eigenvalue weighted by Gasteiger charge is -2.39. The third-order valence-electron chi connectivity index (χ3n) is 5.01. The lowest BCUT2D eigenvalue weighted by Crippen LogP contribution is -2.46. The van der Waals surface area contributed by atoms with Gasteiger partial charge in [-0.15, -0.1) is 0 Å². The first-order valence-corrected chi connectivity index (χ1v) is 9.70. The largest absolute Gasteiger partial charge is 0.495 e. The van der Waals surface area contributed by atoms with E-state index in [9.17, 15) is 18.3 Å². The molecule has 156 valence electrons. The Morgan fingerprint density at radius 2 is 1.90 bits per heavy atom. The number of likely N-dealkylation sites (tertiary alicyclic amines) is 1. The van der Waals surface area contributed by atoms with Gasteiger partial charge in [-0.25, -0.2) is 0 Å². The van der Waals surface area contributed by atoms with E-state index in [0.717, 1.165) is 12.1 Å². The van der Waals surface area contributed by atoms with Crippen molar-refractivity contribution in [2.45, 2.75) is 24.6 Å². The van der Waals surface area contributed by atoms with E-state index in [0.29, 0.717) is 34.7 Å². The van der Waals surface area contributed by atoms with Crippen LogP contribution in [0.2, 0.25) is 5.02 Å². The number of benzene rings is 2. The van der Waals surface area contributed by atoms with Crippen LogP contribution < -0.4 is 10.1 Å². The van der Waals surface area contributed by atoms with Crippen LogP contribution in [-0.2, 0) is 11.8 Å². The second-order valence-corrected chi connectivity index (χ2v) is 7.70. The van der Waals surface area contributed by atoms with Crippen molar-refractivity contribution < 1.29 is 23.0 Å². The van der Waals surface area contributed by atoms with Crippen molar-refractivity contribution in [1.29, 1.82) is 0 Å². The Hall–Kier alpha value is -2.03. The van der Waals surface area contributed by atoms with Crippen molar-refractivity contribution in [3.8, 4) is 5.75 Å². The second kappa shape index (κ2) is 8.38. The van der Waals surface area contributed by atoms with E-state index in [1.807, 2.05) is 4.90 Å². The molecule has 0 atom stereocenters. The number of hydrogen-bond donors (Lipinski definition) is 2. The number of alkyl halides is 3. The number of nitrogens with zero attached hydrogens (tertiary/aromatic N) is 1. The van der Waals surface area contributed by atoms with Crippen LogP contribution >= 0.6 is 23.8 Å². The smallest absolute Gasteiger partial charge is 0.416 e. The van der Waals surface area contributed by atoms with Gasteiger partial charge < -0.3 is 20.1 Å². The third-order valence-corrected chi connectivity index (χ3v) is 5.60. The summed E-state index contributed by atoms with van der Waals surface area (Å²) in [4.78, 5) is 1.86. The van der Waals surface area contributed by atoms with Gasteiger partial charge in [0, 0.05) is 18.1 Å². The quantitative estimate of drug-likeness (QED) is 0.649. The van der Waals surface area contributed by atoms with Crippen LogP contribution in [0.3, 0.4) is 0 Å². The predicted octanol–water partition coefficient (Wildman–Crippen LogP) is 5.05. The highest BCUT2D eigenvalue weighted by molar-refractivity contribution is 7.80. The van der Waals surface area contributed by atoms with Crippen LogP contribution in [0.25, 0.3) is 0 Å². The molecule has 0 unspecified atom stereocenters. The monoisotopic (exact) mass is 444 g/mol. The molecule has 4 nitrogen and oxygen atoms in total. The molecule has 0 amide bonds. The van der Waals surface area contributed by atoms with Crippen molar-refractivity contribution in [1.82, 2.24) is 4.90 Å². The van der Waals surface area contributed by atoms with Crippen LogP contribution in [0.1, 0.15) is 24.0 Å². The number of nitrogens with one attached hydrogen (secondary N) is 1. The molecule has 0 bridgehead atoms.